The smallest absolute Gasteiger partial charge is 0.181 e. The first-order chi connectivity index (χ1) is 9.28. The first-order valence-corrected chi connectivity index (χ1v) is 6.10. The number of halogens is 3. The number of benzene rings is 1. The third kappa shape index (κ3) is 3.19. The molecule has 1 N–H and O–H groups in total. The topological polar surface area (TPSA) is 38.1 Å². The molecule has 0 radical (unpaired) electrons. The number of hydrogen-bond donors (Lipinski definition) is 1. The van der Waals surface area contributed by atoms with Crippen LogP contribution in [-0.4, -0.2) is 10.5 Å². The Bertz CT molecular complexity index is 594. The number of aromatic nitrogens is 1. The summed E-state index contributed by atoms with van der Waals surface area (Å²) in [5, 5.41) is 3.14. The molecule has 0 aliphatic carbocycles. The molecule has 0 spiro atoms. The Kier molecular flexibility index (Phi) is 3.85. The summed E-state index contributed by atoms with van der Waals surface area (Å²) in [6.07, 6.45) is 1.11. The molecule has 108 valence electrons. The highest BCUT2D eigenvalue weighted by Crippen LogP contribution is 2.29. The van der Waals surface area contributed by atoms with E-state index in [0.29, 0.717) is 17.8 Å². The van der Waals surface area contributed by atoms with Crippen LogP contribution in [0.1, 0.15) is 26.5 Å². The highest BCUT2D eigenvalue weighted by Gasteiger charge is 2.21. The van der Waals surface area contributed by atoms with Crippen LogP contribution < -0.4 is 5.32 Å². The molecule has 1 aromatic carbocycles. The fourth-order valence-electron chi connectivity index (χ4n) is 1.71. The zero-order valence-corrected chi connectivity index (χ0v) is 11.4. The number of nitrogens with one attached hydrogen (secondary N) is 1. The zero-order valence-electron chi connectivity index (χ0n) is 11.4. The number of oxazole rings is 1. The fourth-order valence-corrected chi connectivity index (χ4v) is 1.71. The molecule has 0 atom stereocenters. The third-order valence-electron chi connectivity index (χ3n) is 2.66. The monoisotopic (exact) mass is 284 g/mol. The Morgan fingerprint density at radius 3 is 2.30 bits per heavy atom. The first kappa shape index (κ1) is 14.6. The summed E-state index contributed by atoms with van der Waals surface area (Å²) in [6, 6.07) is 1.23. The van der Waals surface area contributed by atoms with Crippen molar-refractivity contribution in [2.24, 2.45) is 0 Å². The maximum Gasteiger partial charge on any atom is 0.181 e. The summed E-state index contributed by atoms with van der Waals surface area (Å²) >= 11 is 0. The van der Waals surface area contributed by atoms with Crippen molar-refractivity contribution in [1.82, 2.24) is 10.3 Å². The summed E-state index contributed by atoms with van der Waals surface area (Å²) in [5.74, 6) is -3.04. The van der Waals surface area contributed by atoms with Crippen LogP contribution >= 0.6 is 0 Å². The third-order valence-corrected chi connectivity index (χ3v) is 2.66. The maximum atomic E-state index is 13.7. The fraction of sp³-hybridized carbons (Fsp3) is 0.357. The van der Waals surface area contributed by atoms with E-state index in [9.17, 15) is 13.2 Å². The van der Waals surface area contributed by atoms with Crippen LogP contribution in [0.4, 0.5) is 13.2 Å². The van der Waals surface area contributed by atoms with E-state index in [-0.39, 0.29) is 17.8 Å². The van der Waals surface area contributed by atoms with E-state index < -0.39 is 23.0 Å². The second-order valence-corrected chi connectivity index (χ2v) is 5.48. The molecule has 1 aromatic heterocycles. The predicted octanol–water partition coefficient (Wildman–Crippen LogP) is 3.65. The lowest BCUT2D eigenvalue weighted by Crippen LogP contribution is -2.35. The van der Waals surface area contributed by atoms with Crippen molar-refractivity contribution in [3.63, 3.8) is 0 Å². The maximum absolute atomic E-state index is 13.7. The molecule has 0 aliphatic rings. The minimum atomic E-state index is -1.02. The van der Waals surface area contributed by atoms with Crippen molar-refractivity contribution in [3.05, 3.63) is 41.7 Å². The van der Waals surface area contributed by atoms with Crippen molar-refractivity contribution in [3.8, 4) is 11.3 Å². The number of hydrogen-bond acceptors (Lipinski definition) is 3. The summed E-state index contributed by atoms with van der Waals surface area (Å²) in [4.78, 5) is 3.94. The molecule has 1 heterocycles. The van der Waals surface area contributed by atoms with Crippen LogP contribution in [-0.2, 0) is 6.54 Å². The van der Waals surface area contributed by atoms with Gasteiger partial charge in [0, 0.05) is 24.2 Å². The second kappa shape index (κ2) is 5.28. The van der Waals surface area contributed by atoms with Gasteiger partial charge in [-0.3, -0.25) is 0 Å². The number of nitrogens with zero attached hydrogens (tertiary/aromatic N) is 1. The molecular formula is C14H15F3N2O. The Morgan fingerprint density at radius 1 is 1.15 bits per heavy atom. The molecular weight excluding hydrogens is 269 g/mol. The van der Waals surface area contributed by atoms with E-state index in [1.807, 2.05) is 20.8 Å². The molecule has 0 saturated carbocycles. The van der Waals surface area contributed by atoms with Crippen molar-refractivity contribution in [2.75, 3.05) is 0 Å². The van der Waals surface area contributed by atoms with Crippen LogP contribution in [0.5, 0.6) is 0 Å². The van der Waals surface area contributed by atoms with E-state index >= 15 is 0 Å². The Hall–Kier alpha value is -1.82. The van der Waals surface area contributed by atoms with Crippen LogP contribution in [0.2, 0.25) is 0 Å². The van der Waals surface area contributed by atoms with Crippen molar-refractivity contribution >= 4 is 0 Å². The molecule has 2 rings (SSSR count). The first-order valence-electron chi connectivity index (χ1n) is 6.10. The van der Waals surface area contributed by atoms with E-state index in [4.69, 9.17) is 4.42 Å². The van der Waals surface area contributed by atoms with Gasteiger partial charge in [0.25, 0.3) is 0 Å². The van der Waals surface area contributed by atoms with Crippen LogP contribution in [0.3, 0.4) is 0 Å². The standard InChI is InChI=1S/C14H15F3N2O/c1-14(2,3)19-6-11-13(20-7-18-11)12-9(16)4-8(15)5-10(12)17/h4-5,7,19H,6H2,1-3H3. The van der Waals surface area contributed by atoms with Gasteiger partial charge in [-0.2, -0.15) is 0 Å². The van der Waals surface area contributed by atoms with Gasteiger partial charge in [0.2, 0.25) is 0 Å². The lowest BCUT2D eigenvalue weighted by molar-refractivity contribution is 0.421. The van der Waals surface area contributed by atoms with Crippen molar-refractivity contribution in [2.45, 2.75) is 32.9 Å². The van der Waals surface area contributed by atoms with E-state index in [1.54, 1.807) is 0 Å². The lowest BCUT2D eigenvalue weighted by atomic mass is 10.1. The van der Waals surface area contributed by atoms with Gasteiger partial charge in [-0.15, -0.1) is 0 Å². The SMILES string of the molecule is CC(C)(C)NCc1ncoc1-c1c(F)cc(F)cc1F. The number of rotatable bonds is 3. The minimum absolute atomic E-state index is 0.0308. The molecule has 0 bridgehead atoms. The van der Waals surface area contributed by atoms with Gasteiger partial charge in [-0.05, 0) is 20.8 Å². The summed E-state index contributed by atoms with van der Waals surface area (Å²) in [7, 11) is 0. The minimum Gasteiger partial charge on any atom is -0.443 e. The van der Waals surface area contributed by atoms with E-state index in [2.05, 4.69) is 10.3 Å². The van der Waals surface area contributed by atoms with Crippen LogP contribution in [0.25, 0.3) is 11.3 Å². The van der Waals surface area contributed by atoms with E-state index in [0.717, 1.165) is 6.39 Å². The molecule has 0 aliphatic heterocycles. The molecule has 0 fully saturated rings. The van der Waals surface area contributed by atoms with Crippen LogP contribution in [0.15, 0.2) is 22.9 Å². The van der Waals surface area contributed by atoms with Gasteiger partial charge in [0.15, 0.2) is 12.2 Å². The van der Waals surface area contributed by atoms with Gasteiger partial charge in [0.05, 0.1) is 5.56 Å². The Balaban J connectivity index is 2.38. The van der Waals surface area contributed by atoms with Crippen molar-refractivity contribution in [1.29, 1.82) is 0 Å². The zero-order chi connectivity index (χ0) is 14.9. The summed E-state index contributed by atoms with van der Waals surface area (Å²) < 4.78 is 45.5. The second-order valence-electron chi connectivity index (χ2n) is 5.48. The molecule has 0 saturated heterocycles. The molecule has 0 unspecified atom stereocenters. The van der Waals surface area contributed by atoms with Crippen LogP contribution in [0, 0.1) is 17.5 Å². The van der Waals surface area contributed by atoms with E-state index in [1.165, 1.54) is 0 Å². The molecule has 6 heteroatoms. The lowest BCUT2D eigenvalue weighted by Gasteiger charge is -2.19. The Labute approximate surface area is 114 Å². The predicted molar refractivity (Wildman–Crippen MR) is 68.4 cm³/mol. The largest absolute Gasteiger partial charge is 0.443 e. The van der Waals surface area contributed by atoms with Gasteiger partial charge in [-0.25, -0.2) is 18.2 Å². The van der Waals surface area contributed by atoms with Gasteiger partial charge in [-0.1, -0.05) is 0 Å². The highest BCUT2D eigenvalue weighted by atomic mass is 19.1. The van der Waals surface area contributed by atoms with Gasteiger partial charge >= 0.3 is 0 Å². The Morgan fingerprint density at radius 2 is 1.75 bits per heavy atom. The highest BCUT2D eigenvalue weighted by molar-refractivity contribution is 5.61. The van der Waals surface area contributed by atoms with Gasteiger partial charge < -0.3 is 9.73 Å². The molecule has 20 heavy (non-hydrogen) atoms. The van der Waals surface area contributed by atoms with Crippen molar-refractivity contribution < 1.29 is 17.6 Å². The normalized spacial score (nSPS) is 11.9. The molecule has 0 amide bonds. The molecule has 3 nitrogen and oxygen atoms in total. The molecule has 2 aromatic rings. The summed E-state index contributed by atoms with van der Waals surface area (Å²) in [6.45, 7) is 6.13. The average Bonchev–Trinajstić information content (AvgIpc) is 2.72. The quantitative estimate of drug-likeness (QED) is 0.935. The van der Waals surface area contributed by atoms with Gasteiger partial charge in [0.1, 0.15) is 23.1 Å². The summed E-state index contributed by atoms with van der Waals surface area (Å²) in [5.41, 5.74) is -0.227. The average molecular weight is 284 g/mol.